The fourth-order valence-corrected chi connectivity index (χ4v) is 2.41. The summed E-state index contributed by atoms with van der Waals surface area (Å²) < 4.78 is 1.48. The van der Waals surface area contributed by atoms with E-state index in [0.29, 0.717) is 22.8 Å². The Kier molecular flexibility index (Phi) is 3.91. The lowest BCUT2D eigenvalue weighted by molar-refractivity contribution is 0.848. The van der Waals surface area contributed by atoms with Crippen LogP contribution in [0.1, 0.15) is 5.56 Å². The summed E-state index contributed by atoms with van der Waals surface area (Å²) in [5.74, 6) is 0.198. The van der Waals surface area contributed by atoms with Crippen LogP contribution >= 0.6 is 0 Å². The highest BCUT2D eigenvalue weighted by Crippen LogP contribution is 2.26. The predicted octanol–water partition coefficient (Wildman–Crippen LogP) is 2.06. The first-order chi connectivity index (χ1) is 11.5. The summed E-state index contributed by atoms with van der Waals surface area (Å²) in [5, 5.41) is 2.98. The number of aromatic nitrogens is 3. The van der Waals surface area contributed by atoms with Gasteiger partial charge < -0.3 is 21.4 Å². The number of hydrogen-bond acceptors (Lipinski definition) is 6. The van der Waals surface area contributed by atoms with Crippen molar-refractivity contribution in [2.24, 2.45) is 7.05 Å². The zero-order valence-electron chi connectivity index (χ0n) is 13.4. The number of nitrogens with one attached hydrogen (secondary N) is 1. The third kappa shape index (κ3) is 2.91. The number of benzene rings is 1. The quantitative estimate of drug-likeness (QED) is 0.636. The molecule has 7 nitrogen and oxygen atoms in total. The van der Waals surface area contributed by atoms with Crippen LogP contribution in [0.3, 0.4) is 0 Å². The summed E-state index contributed by atoms with van der Waals surface area (Å²) in [7, 11) is 1.68. The molecule has 1 aromatic carbocycles. The number of nitrogen functional groups attached to an aromatic ring is 2. The van der Waals surface area contributed by atoms with Gasteiger partial charge in [0.15, 0.2) is 5.82 Å². The van der Waals surface area contributed by atoms with E-state index in [9.17, 15) is 4.79 Å². The van der Waals surface area contributed by atoms with Crippen LogP contribution in [0.4, 0.5) is 22.9 Å². The number of aryl methyl sites for hydroxylation is 1. The largest absolute Gasteiger partial charge is 0.398 e. The topological polar surface area (TPSA) is 112 Å². The first-order valence-electron chi connectivity index (χ1n) is 7.36. The second kappa shape index (κ2) is 6.04. The number of nitrogens with two attached hydrogens (primary N) is 2. The van der Waals surface area contributed by atoms with Crippen molar-refractivity contribution in [3.63, 3.8) is 0 Å². The van der Waals surface area contributed by atoms with Gasteiger partial charge in [-0.05, 0) is 24.6 Å². The summed E-state index contributed by atoms with van der Waals surface area (Å²) in [6, 6.07) is 7.30. The van der Waals surface area contributed by atoms with Crippen LogP contribution in [0.15, 0.2) is 47.7 Å². The molecule has 0 unspecified atom stereocenters. The van der Waals surface area contributed by atoms with E-state index >= 15 is 0 Å². The second-order valence-electron chi connectivity index (χ2n) is 5.54. The van der Waals surface area contributed by atoms with Gasteiger partial charge in [-0.25, -0.2) is 4.98 Å². The van der Waals surface area contributed by atoms with Crippen molar-refractivity contribution in [1.29, 1.82) is 0 Å². The molecule has 0 aliphatic heterocycles. The molecule has 0 aliphatic carbocycles. The number of nitrogens with zero attached hydrogens (tertiary/aromatic N) is 3. The van der Waals surface area contributed by atoms with Gasteiger partial charge in [0.2, 0.25) is 0 Å². The van der Waals surface area contributed by atoms with Gasteiger partial charge in [0.25, 0.3) is 5.56 Å². The lowest BCUT2D eigenvalue weighted by Crippen LogP contribution is -2.21. The molecule has 0 atom stereocenters. The van der Waals surface area contributed by atoms with E-state index in [1.165, 1.54) is 10.8 Å². The molecular weight excluding hydrogens is 304 g/mol. The molecule has 0 saturated heterocycles. The molecule has 122 valence electrons. The molecule has 2 aromatic heterocycles. The smallest absolute Gasteiger partial charge is 0.293 e. The van der Waals surface area contributed by atoms with Gasteiger partial charge in [-0.3, -0.25) is 9.78 Å². The summed E-state index contributed by atoms with van der Waals surface area (Å²) >= 11 is 0. The van der Waals surface area contributed by atoms with Gasteiger partial charge in [-0.2, -0.15) is 0 Å². The fourth-order valence-electron chi connectivity index (χ4n) is 2.41. The van der Waals surface area contributed by atoms with E-state index in [1.807, 2.05) is 25.1 Å². The van der Waals surface area contributed by atoms with Crippen molar-refractivity contribution in [3.05, 3.63) is 58.8 Å². The van der Waals surface area contributed by atoms with Gasteiger partial charge in [0.1, 0.15) is 0 Å². The summed E-state index contributed by atoms with van der Waals surface area (Å²) in [6.45, 7) is 1.92. The first-order valence-corrected chi connectivity index (χ1v) is 7.36. The molecule has 2 heterocycles. The van der Waals surface area contributed by atoms with Gasteiger partial charge in [0, 0.05) is 30.7 Å². The second-order valence-corrected chi connectivity index (χ2v) is 5.54. The van der Waals surface area contributed by atoms with E-state index in [0.717, 1.165) is 11.1 Å². The maximum absolute atomic E-state index is 12.4. The Morgan fingerprint density at radius 2 is 2.00 bits per heavy atom. The highest BCUT2D eigenvalue weighted by molar-refractivity contribution is 5.71. The first kappa shape index (κ1) is 15.5. The van der Waals surface area contributed by atoms with Gasteiger partial charge >= 0.3 is 0 Å². The zero-order valence-corrected chi connectivity index (χ0v) is 13.4. The van der Waals surface area contributed by atoms with E-state index in [2.05, 4.69) is 15.3 Å². The molecular formula is C17H18N6O. The standard InChI is InChI=1S/C17H18N6O/c1-10-13(4-3-5-14(10)19)15-9-23(2)17(24)16(22-15)21-12-6-11(18)7-20-8-12/h3-9H,18-19H2,1-2H3,(H,21,22). The summed E-state index contributed by atoms with van der Waals surface area (Å²) in [6.07, 6.45) is 4.80. The Labute approximate surface area is 139 Å². The summed E-state index contributed by atoms with van der Waals surface area (Å²) in [5.41, 5.74) is 15.7. The van der Waals surface area contributed by atoms with Gasteiger partial charge in [-0.1, -0.05) is 12.1 Å². The fraction of sp³-hybridized carbons (Fsp3) is 0.118. The average molecular weight is 322 g/mol. The van der Waals surface area contributed by atoms with Crippen LogP contribution in [-0.4, -0.2) is 14.5 Å². The molecule has 0 aliphatic rings. The molecule has 0 amide bonds. The molecule has 3 rings (SSSR count). The number of hydrogen-bond donors (Lipinski definition) is 3. The Morgan fingerprint density at radius 3 is 2.75 bits per heavy atom. The minimum absolute atomic E-state index is 0.198. The molecule has 3 aromatic rings. The number of rotatable bonds is 3. The van der Waals surface area contributed by atoms with Crippen molar-refractivity contribution >= 4 is 22.9 Å². The van der Waals surface area contributed by atoms with E-state index in [1.54, 1.807) is 25.5 Å². The number of anilines is 4. The van der Waals surface area contributed by atoms with E-state index < -0.39 is 0 Å². The van der Waals surface area contributed by atoms with Crippen LogP contribution in [0.2, 0.25) is 0 Å². The molecule has 7 heteroatoms. The van der Waals surface area contributed by atoms with Crippen molar-refractivity contribution in [2.75, 3.05) is 16.8 Å². The Balaban J connectivity index is 2.09. The summed E-state index contributed by atoms with van der Waals surface area (Å²) in [4.78, 5) is 20.8. The van der Waals surface area contributed by atoms with Crippen molar-refractivity contribution in [3.8, 4) is 11.3 Å². The van der Waals surface area contributed by atoms with Crippen LogP contribution < -0.4 is 22.3 Å². The Morgan fingerprint density at radius 1 is 1.21 bits per heavy atom. The molecule has 5 N–H and O–H groups in total. The zero-order chi connectivity index (χ0) is 17.3. The molecule has 24 heavy (non-hydrogen) atoms. The minimum atomic E-state index is -0.247. The normalized spacial score (nSPS) is 10.6. The van der Waals surface area contributed by atoms with E-state index in [4.69, 9.17) is 11.5 Å². The van der Waals surface area contributed by atoms with Crippen molar-refractivity contribution in [2.45, 2.75) is 6.92 Å². The molecule has 0 bridgehead atoms. The monoisotopic (exact) mass is 322 g/mol. The lowest BCUT2D eigenvalue weighted by Gasteiger charge is -2.12. The van der Waals surface area contributed by atoms with Crippen molar-refractivity contribution < 1.29 is 0 Å². The maximum Gasteiger partial charge on any atom is 0.293 e. The molecule has 0 fully saturated rings. The predicted molar refractivity (Wildman–Crippen MR) is 96.0 cm³/mol. The van der Waals surface area contributed by atoms with Crippen LogP contribution in [0, 0.1) is 6.92 Å². The lowest BCUT2D eigenvalue weighted by atomic mass is 10.0. The number of pyridine rings is 1. The van der Waals surface area contributed by atoms with Crippen LogP contribution in [-0.2, 0) is 7.05 Å². The maximum atomic E-state index is 12.4. The van der Waals surface area contributed by atoms with E-state index in [-0.39, 0.29) is 11.4 Å². The highest BCUT2D eigenvalue weighted by Gasteiger charge is 2.11. The third-order valence-corrected chi connectivity index (χ3v) is 3.74. The average Bonchev–Trinajstić information content (AvgIpc) is 2.54. The molecule has 0 radical (unpaired) electrons. The van der Waals surface area contributed by atoms with Gasteiger partial charge in [0.05, 0.1) is 23.3 Å². The van der Waals surface area contributed by atoms with Gasteiger partial charge in [-0.15, -0.1) is 0 Å². The minimum Gasteiger partial charge on any atom is -0.398 e. The Hall–Kier alpha value is -3.35. The third-order valence-electron chi connectivity index (χ3n) is 3.74. The molecule has 0 saturated carbocycles. The van der Waals surface area contributed by atoms with Crippen molar-refractivity contribution in [1.82, 2.24) is 14.5 Å². The Bertz CT molecular complexity index is 964. The van der Waals surface area contributed by atoms with Crippen LogP contribution in [0.25, 0.3) is 11.3 Å². The highest BCUT2D eigenvalue weighted by atomic mass is 16.1. The molecule has 0 spiro atoms. The van der Waals surface area contributed by atoms with Crippen LogP contribution in [0.5, 0.6) is 0 Å². The SMILES string of the molecule is Cc1c(N)cccc1-c1cn(C)c(=O)c(Nc2cncc(N)c2)n1.